The number of hydrogen-bond acceptors (Lipinski definition) is 3. The highest BCUT2D eigenvalue weighted by Crippen LogP contribution is 2.15. The molecule has 0 unspecified atom stereocenters. The van der Waals surface area contributed by atoms with Crippen molar-refractivity contribution in [1.29, 1.82) is 0 Å². The fourth-order valence-corrected chi connectivity index (χ4v) is 3.94. The van der Waals surface area contributed by atoms with Gasteiger partial charge in [0.15, 0.2) is 0 Å². The van der Waals surface area contributed by atoms with E-state index >= 15 is 0 Å². The summed E-state index contributed by atoms with van der Waals surface area (Å²) in [7, 11) is 0. The molecule has 0 aliphatic rings. The molecule has 0 atom stereocenters. The highest BCUT2D eigenvalue weighted by Gasteiger charge is 2.15. The van der Waals surface area contributed by atoms with Crippen LogP contribution < -0.4 is 16.0 Å². The Morgan fingerprint density at radius 2 is 1.36 bits per heavy atom. The molecule has 0 fully saturated rings. The summed E-state index contributed by atoms with van der Waals surface area (Å²) in [6.45, 7) is 0.564. The SMILES string of the molecule is O=C(Cc1ccc(NC(=O)/C(=C\c2ccc(Cl)cc2)NC(=O)c2ccccc2)cc1)NCCc1ccccc1. The van der Waals surface area contributed by atoms with Gasteiger partial charge in [0.2, 0.25) is 5.91 Å². The summed E-state index contributed by atoms with van der Waals surface area (Å²) in [5.74, 6) is -0.959. The van der Waals surface area contributed by atoms with E-state index in [9.17, 15) is 14.4 Å². The van der Waals surface area contributed by atoms with E-state index in [-0.39, 0.29) is 18.0 Å². The third kappa shape index (κ3) is 8.69. The van der Waals surface area contributed by atoms with Crippen LogP contribution in [-0.2, 0) is 22.4 Å². The summed E-state index contributed by atoms with van der Waals surface area (Å²) in [6, 6.07) is 32.6. The second kappa shape index (κ2) is 13.7. The fraction of sp³-hybridized carbons (Fsp3) is 0.0938. The maximum Gasteiger partial charge on any atom is 0.272 e. The number of carbonyl (C=O) groups excluding carboxylic acids is 3. The van der Waals surface area contributed by atoms with Crippen molar-refractivity contribution in [2.75, 3.05) is 11.9 Å². The number of benzene rings is 4. The summed E-state index contributed by atoms with van der Waals surface area (Å²) in [4.78, 5) is 38.3. The number of carbonyl (C=O) groups is 3. The molecule has 0 saturated heterocycles. The van der Waals surface area contributed by atoms with Crippen LogP contribution in [0.3, 0.4) is 0 Å². The van der Waals surface area contributed by atoms with Gasteiger partial charge in [0.05, 0.1) is 6.42 Å². The molecule has 4 aromatic carbocycles. The summed E-state index contributed by atoms with van der Waals surface area (Å²) < 4.78 is 0. The van der Waals surface area contributed by atoms with Crippen molar-refractivity contribution in [3.05, 3.63) is 142 Å². The minimum atomic E-state index is -0.486. The summed E-state index contributed by atoms with van der Waals surface area (Å²) in [5, 5.41) is 9.03. The first kappa shape index (κ1) is 27.4. The van der Waals surface area contributed by atoms with Crippen LogP contribution in [0.25, 0.3) is 6.08 Å². The number of rotatable bonds is 10. The van der Waals surface area contributed by atoms with Crippen molar-refractivity contribution < 1.29 is 14.4 Å². The van der Waals surface area contributed by atoms with Crippen molar-refractivity contribution in [3.63, 3.8) is 0 Å². The lowest BCUT2D eigenvalue weighted by Crippen LogP contribution is -2.30. The summed E-state index contributed by atoms with van der Waals surface area (Å²) in [5.41, 5.74) is 3.73. The first-order valence-electron chi connectivity index (χ1n) is 12.5. The number of hydrogen-bond donors (Lipinski definition) is 3. The molecule has 4 rings (SSSR count). The second-order valence-corrected chi connectivity index (χ2v) is 9.28. The Labute approximate surface area is 232 Å². The van der Waals surface area contributed by atoms with Gasteiger partial charge in [-0.05, 0) is 65.6 Å². The van der Waals surface area contributed by atoms with Gasteiger partial charge in [0.25, 0.3) is 11.8 Å². The second-order valence-electron chi connectivity index (χ2n) is 8.84. The van der Waals surface area contributed by atoms with Gasteiger partial charge in [-0.3, -0.25) is 14.4 Å². The molecule has 7 heteroatoms. The smallest absolute Gasteiger partial charge is 0.272 e. The molecule has 3 N–H and O–H groups in total. The Hall–Kier alpha value is -4.68. The molecule has 0 saturated carbocycles. The predicted molar refractivity (Wildman–Crippen MR) is 155 cm³/mol. The molecule has 6 nitrogen and oxygen atoms in total. The molecule has 0 aromatic heterocycles. The van der Waals surface area contributed by atoms with Gasteiger partial charge < -0.3 is 16.0 Å². The van der Waals surface area contributed by atoms with Gasteiger partial charge in [0.1, 0.15) is 5.70 Å². The Morgan fingerprint density at radius 3 is 2.03 bits per heavy atom. The number of anilines is 1. The van der Waals surface area contributed by atoms with Crippen LogP contribution in [0.5, 0.6) is 0 Å². The van der Waals surface area contributed by atoms with Crippen LogP contribution in [0.2, 0.25) is 5.02 Å². The van der Waals surface area contributed by atoms with Crippen molar-refractivity contribution in [2.24, 2.45) is 0 Å². The first-order chi connectivity index (χ1) is 19.0. The zero-order chi connectivity index (χ0) is 27.5. The lowest BCUT2D eigenvalue weighted by atomic mass is 10.1. The fourth-order valence-electron chi connectivity index (χ4n) is 3.81. The Balaban J connectivity index is 1.38. The molecular weight excluding hydrogens is 510 g/mol. The Bertz CT molecular complexity index is 1440. The van der Waals surface area contributed by atoms with Gasteiger partial charge in [-0.2, -0.15) is 0 Å². The predicted octanol–water partition coefficient (Wildman–Crippen LogP) is 5.65. The molecule has 0 radical (unpaired) electrons. The van der Waals surface area contributed by atoms with Crippen LogP contribution in [0.15, 0.2) is 115 Å². The lowest BCUT2D eigenvalue weighted by molar-refractivity contribution is -0.120. The maximum absolute atomic E-state index is 13.2. The number of nitrogens with one attached hydrogen (secondary N) is 3. The minimum absolute atomic E-state index is 0.0699. The third-order valence-electron chi connectivity index (χ3n) is 5.86. The molecule has 0 aliphatic carbocycles. The van der Waals surface area contributed by atoms with Crippen LogP contribution in [0.4, 0.5) is 5.69 Å². The molecule has 3 amide bonds. The summed E-state index contributed by atoms with van der Waals surface area (Å²) in [6.07, 6.45) is 2.59. The van der Waals surface area contributed by atoms with E-state index < -0.39 is 11.8 Å². The van der Waals surface area contributed by atoms with Crippen LogP contribution in [0, 0.1) is 0 Å². The van der Waals surface area contributed by atoms with E-state index in [1.807, 2.05) is 36.4 Å². The van der Waals surface area contributed by atoms with Gasteiger partial charge in [-0.25, -0.2) is 0 Å². The van der Waals surface area contributed by atoms with Crippen molar-refractivity contribution >= 4 is 41.1 Å². The van der Waals surface area contributed by atoms with Gasteiger partial charge >= 0.3 is 0 Å². The molecule has 0 heterocycles. The van der Waals surface area contributed by atoms with Crippen molar-refractivity contribution in [2.45, 2.75) is 12.8 Å². The standard InChI is InChI=1S/C32H28ClN3O3/c33-27-15-11-24(12-16-27)21-29(36-31(38)26-9-5-2-6-10-26)32(39)35-28-17-13-25(14-18-28)22-30(37)34-20-19-23-7-3-1-4-8-23/h1-18,21H,19-20,22H2,(H,34,37)(H,35,39)(H,36,38)/b29-21+. The lowest BCUT2D eigenvalue weighted by Gasteiger charge is -2.12. The Kier molecular flexibility index (Phi) is 9.64. The van der Waals surface area contributed by atoms with E-state index in [4.69, 9.17) is 11.6 Å². The average Bonchev–Trinajstić information content (AvgIpc) is 2.96. The highest BCUT2D eigenvalue weighted by molar-refractivity contribution is 6.30. The average molecular weight is 538 g/mol. The van der Waals surface area contributed by atoms with Crippen molar-refractivity contribution in [1.82, 2.24) is 10.6 Å². The largest absolute Gasteiger partial charge is 0.355 e. The molecule has 39 heavy (non-hydrogen) atoms. The minimum Gasteiger partial charge on any atom is -0.355 e. The van der Waals surface area contributed by atoms with Crippen LogP contribution in [-0.4, -0.2) is 24.3 Å². The maximum atomic E-state index is 13.2. The quantitative estimate of drug-likeness (QED) is 0.228. The zero-order valence-electron chi connectivity index (χ0n) is 21.2. The normalized spacial score (nSPS) is 10.9. The molecule has 196 valence electrons. The van der Waals surface area contributed by atoms with E-state index in [1.54, 1.807) is 78.9 Å². The number of halogens is 1. The zero-order valence-corrected chi connectivity index (χ0v) is 21.9. The topological polar surface area (TPSA) is 87.3 Å². The van der Waals surface area contributed by atoms with Crippen LogP contribution in [0.1, 0.15) is 27.0 Å². The highest BCUT2D eigenvalue weighted by atomic mass is 35.5. The van der Waals surface area contributed by atoms with E-state index in [0.29, 0.717) is 28.4 Å². The molecule has 0 aliphatic heterocycles. The molecule has 4 aromatic rings. The van der Waals surface area contributed by atoms with Gasteiger partial charge in [-0.15, -0.1) is 0 Å². The van der Waals surface area contributed by atoms with Crippen LogP contribution >= 0.6 is 11.6 Å². The van der Waals surface area contributed by atoms with Crippen molar-refractivity contribution in [3.8, 4) is 0 Å². The van der Waals surface area contributed by atoms with Gasteiger partial charge in [-0.1, -0.05) is 84.4 Å². The third-order valence-corrected chi connectivity index (χ3v) is 6.12. The monoisotopic (exact) mass is 537 g/mol. The first-order valence-corrected chi connectivity index (χ1v) is 12.9. The number of amides is 3. The molecule has 0 bridgehead atoms. The van der Waals surface area contributed by atoms with Gasteiger partial charge in [0, 0.05) is 22.8 Å². The van der Waals surface area contributed by atoms with E-state index in [0.717, 1.165) is 12.0 Å². The molecular formula is C32H28ClN3O3. The molecule has 0 spiro atoms. The van der Waals surface area contributed by atoms with E-state index in [1.165, 1.54) is 5.56 Å². The summed E-state index contributed by atoms with van der Waals surface area (Å²) >= 11 is 5.98. The Morgan fingerprint density at radius 1 is 0.718 bits per heavy atom. The van der Waals surface area contributed by atoms with E-state index in [2.05, 4.69) is 16.0 Å².